The van der Waals surface area contributed by atoms with Gasteiger partial charge in [-0.1, -0.05) is 6.42 Å². The number of imidazole rings is 1. The molecule has 4 rings (SSSR count). The smallest absolute Gasteiger partial charge is 0.241 e. The highest BCUT2D eigenvalue weighted by atomic mass is 16.2. The Morgan fingerprint density at radius 3 is 2.83 bits per heavy atom. The number of piperidine rings is 1. The van der Waals surface area contributed by atoms with Crippen molar-refractivity contribution in [1.82, 2.24) is 14.9 Å². The van der Waals surface area contributed by atoms with Crippen LogP contribution in [-0.2, 0) is 17.8 Å². The number of hydrogen-bond donors (Lipinski definition) is 2. The molecule has 0 saturated carbocycles. The van der Waals surface area contributed by atoms with Gasteiger partial charge in [-0.25, -0.2) is 4.98 Å². The first-order chi connectivity index (χ1) is 11.8. The normalized spacial score (nSPS) is 20.4. The fourth-order valence-corrected chi connectivity index (χ4v) is 3.67. The second-order valence-corrected chi connectivity index (χ2v) is 6.75. The molecule has 1 amide bonds. The lowest BCUT2D eigenvalue weighted by molar-refractivity contribution is -0.118. The average Bonchev–Trinajstić information content (AvgIpc) is 3.07. The van der Waals surface area contributed by atoms with Crippen molar-refractivity contribution in [2.24, 2.45) is 0 Å². The lowest BCUT2D eigenvalue weighted by Gasteiger charge is -2.22. The van der Waals surface area contributed by atoms with Gasteiger partial charge in [-0.3, -0.25) is 4.79 Å². The van der Waals surface area contributed by atoms with Gasteiger partial charge in [0.05, 0.1) is 6.04 Å². The summed E-state index contributed by atoms with van der Waals surface area (Å²) in [5.74, 6) is 1.11. The SMILES string of the molecule is O=C(Nc1ccc(-c2ncc3n2CCCC3)cc1)[C@H]1CCCCN1. The van der Waals surface area contributed by atoms with E-state index in [1.54, 1.807) is 0 Å². The molecule has 1 saturated heterocycles. The number of carbonyl (C=O) groups is 1. The molecule has 1 aromatic heterocycles. The van der Waals surface area contributed by atoms with Crippen molar-refractivity contribution in [3.8, 4) is 11.4 Å². The van der Waals surface area contributed by atoms with E-state index in [0.717, 1.165) is 55.8 Å². The highest BCUT2D eigenvalue weighted by Crippen LogP contribution is 2.25. The summed E-state index contributed by atoms with van der Waals surface area (Å²) in [7, 11) is 0. The number of fused-ring (bicyclic) bond motifs is 1. The molecule has 126 valence electrons. The Hall–Kier alpha value is -2.14. The molecule has 0 spiro atoms. The van der Waals surface area contributed by atoms with Crippen molar-refractivity contribution < 1.29 is 4.79 Å². The molecule has 5 nitrogen and oxygen atoms in total. The molecule has 1 atom stereocenters. The third-order valence-corrected chi connectivity index (χ3v) is 5.04. The molecule has 2 N–H and O–H groups in total. The van der Waals surface area contributed by atoms with Gasteiger partial charge in [-0.05, 0) is 62.9 Å². The number of aromatic nitrogens is 2. The van der Waals surface area contributed by atoms with Gasteiger partial charge in [0.1, 0.15) is 5.82 Å². The number of amides is 1. The summed E-state index contributed by atoms with van der Waals surface area (Å²) < 4.78 is 2.32. The second kappa shape index (κ2) is 6.77. The van der Waals surface area contributed by atoms with Crippen LogP contribution in [0.2, 0.25) is 0 Å². The van der Waals surface area contributed by atoms with Gasteiger partial charge in [0.15, 0.2) is 0 Å². The molecule has 0 bridgehead atoms. The van der Waals surface area contributed by atoms with Crippen LogP contribution < -0.4 is 10.6 Å². The van der Waals surface area contributed by atoms with Crippen LogP contribution in [0.5, 0.6) is 0 Å². The van der Waals surface area contributed by atoms with Crippen molar-refractivity contribution in [3.63, 3.8) is 0 Å². The summed E-state index contributed by atoms with van der Waals surface area (Å²) in [6.45, 7) is 1.98. The molecule has 0 aliphatic carbocycles. The van der Waals surface area contributed by atoms with Gasteiger partial charge in [-0.2, -0.15) is 0 Å². The Morgan fingerprint density at radius 2 is 2.04 bits per heavy atom. The lowest BCUT2D eigenvalue weighted by atomic mass is 10.0. The van der Waals surface area contributed by atoms with E-state index in [-0.39, 0.29) is 11.9 Å². The minimum Gasteiger partial charge on any atom is -0.328 e. The van der Waals surface area contributed by atoms with E-state index >= 15 is 0 Å². The van der Waals surface area contributed by atoms with Gasteiger partial charge < -0.3 is 15.2 Å². The summed E-state index contributed by atoms with van der Waals surface area (Å²) in [6, 6.07) is 7.99. The van der Waals surface area contributed by atoms with Crippen molar-refractivity contribution >= 4 is 11.6 Å². The number of aryl methyl sites for hydroxylation is 1. The van der Waals surface area contributed by atoms with Gasteiger partial charge in [0.2, 0.25) is 5.91 Å². The maximum atomic E-state index is 12.3. The van der Waals surface area contributed by atoms with E-state index in [0.29, 0.717) is 0 Å². The van der Waals surface area contributed by atoms with Crippen molar-refractivity contribution in [1.29, 1.82) is 0 Å². The van der Waals surface area contributed by atoms with Crippen LogP contribution in [0.25, 0.3) is 11.4 Å². The minimum atomic E-state index is -0.0576. The topological polar surface area (TPSA) is 59.0 Å². The van der Waals surface area contributed by atoms with Crippen LogP contribution in [-0.4, -0.2) is 28.0 Å². The monoisotopic (exact) mass is 324 g/mol. The Morgan fingerprint density at radius 1 is 1.17 bits per heavy atom. The number of anilines is 1. The van der Waals surface area contributed by atoms with Crippen molar-refractivity contribution in [2.45, 2.75) is 51.1 Å². The first-order valence-electron chi connectivity index (χ1n) is 9.00. The number of nitrogens with zero attached hydrogens (tertiary/aromatic N) is 2. The van der Waals surface area contributed by atoms with E-state index in [4.69, 9.17) is 0 Å². The van der Waals surface area contributed by atoms with Crippen LogP contribution in [0.3, 0.4) is 0 Å². The van der Waals surface area contributed by atoms with Gasteiger partial charge in [0.25, 0.3) is 0 Å². The number of hydrogen-bond acceptors (Lipinski definition) is 3. The Kier molecular flexibility index (Phi) is 4.34. The first kappa shape index (κ1) is 15.4. The van der Waals surface area contributed by atoms with Crippen molar-refractivity contribution in [2.75, 3.05) is 11.9 Å². The molecule has 0 radical (unpaired) electrons. The molecular weight excluding hydrogens is 300 g/mol. The molecule has 5 heteroatoms. The fraction of sp³-hybridized carbons (Fsp3) is 0.474. The Balaban J connectivity index is 1.46. The molecular formula is C19H24N4O. The molecule has 1 aromatic carbocycles. The molecule has 1 fully saturated rings. The molecule has 2 aliphatic heterocycles. The molecule has 3 heterocycles. The van der Waals surface area contributed by atoms with Crippen LogP contribution in [0.15, 0.2) is 30.5 Å². The number of benzene rings is 1. The highest BCUT2D eigenvalue weighted by molar-refractivity contribution is 5.95. The molecule has 2 aliphatic rings. The minimum absolute atomic E-state index is 0.0576. The third-order valence-electron chi connectivity index (χ3n) is 5.04. The first-order valence-corrected chi connectivity index (χ1v) is 9.00. The van der Waals surface area contributed by atoms with E-state index in [1.807, 2.05) is 30.5 Å². The van der Waals surface area contributed by atoms with Crippen molar-refractivity contribution in [3.05, 3.63) is 36.2 Å². The summed E-state index contributed by atoms with van der Waals surface area (Å²) >= 11 is 0. The predicted octanol–water partition coefficient (Wildman–Crippen LogP) is 2.97. The largest absolute Gasteiger partial charge is 0.328 e. The van der Waals surface area contributed by atoms with Gasteiger partial charge >= 0.3 is 0 Å². The number of rotatable bonds is 3. The zero-order valence-electron chi connectivity index (χ0n) is 13.9. The van der Waals surface area contributed by atoms with Crippen LogP contribution >= 0.6 is 0 Å². The van der Waals surface area contributed by atoms with E-state index in [9.17, 15) is 4.79 Å². The summed E-state index contributed by atoms with van der Waals surface area (Å²) in [4.78, 5) is 16.9. The summed E-state index contributed by atoms with van der Waals surface area (Å²) in [5, 5.41) is 6.30. The Labute approximate surface area is 142 Å². The van der Waals surface area contributed by atoms with Crippen LogP contribution in [0.1, 0.15) is 37.8 Å². The standard InChI is InChI=1S/C19H24N4O/c24-19(17-6-1-3-11-20-17)22-15-9-7-14(8-10-15)18-21-13-16-5-2-4-12-23(16)18/h7-10,13,17,20H,1-6,11-12H2,(H,22,24)/t17-/m1/s1. The molecule has 2 aromatic rings. The Bertz CT molecular complexity index is 713. The van der Waals surface area contributed by atoms with Crippen LogP contribution in [0, 0.1) is 0 Å². The van der Waals surface area contributed by atoms with E-state index in [1.165, 1.54) is 18.5 Å². The fourth-order valence-electron chi connectivity index (χ4n) is 3.67. The van der Waals surface area contributed by atoms with Gasteiger partial charge in [0, 0.05) is 29.7 Å². The zero-order valence-corrected chi connectivity index (χ0v) is 13.9. The second-order valence-electron chi connectivity index (χ2n) is 6.75. The van der Waals surface area contributed by atoms with E-state index in [2.05, 4.69) is 20.2 Å². The number of nitrogens with one attached hydrogen (secondary N) is 2. The average molecular weight is 324 g/mol. The molecule has 0 unspecified atom stereocenters. The summed E-state index contributed by atoms with van der Waals surface area (Å²) in [5.41, 5.74) is 3.29. The summed E-state index contributed by atoms with van der Waals surface area (Å²) in [6.07, 6.45) is 8.80. The van der Waals surface area contributed by atoms with Gasteiger partial charge in [-0.15, -0.1) is 0 Å². The quantitative estimate of drug-likeness (QED) is 0.912. The third kappa shape index (κ3) is 3.08. The maximum Gasteiger partial charge on any atom is 0.241 e. The maximum absolute atomic E-state index is 12.3. The predicted molar refractivity (Wildman–Crippen MR) is 94.9 cm³/mol. The zero-order chi connectivity index (χ0) is 16.4. The lowest BCUT2D eigenvalue weighted by Crippen LogP contribution is -2.43. The van der Waals surface area contributed by atoms with Crippen LogP contribution in [0.4, 0.5) is 5.69 Å². The van der Waals surface area contributed by atoms with E-state index < -0.39 is 0 Å². The highest BCUT2D eigenvalue weighted by Gasteiger charge is 2.20. The number of carbonyl (C=O) groups excluding carboxylic acids is 1. The molecule has 24 heavy (non-hydrogen) atoms.